The van der Waals surface area contributed by atoms with Gasteiger partial charge in [0.2, 0.25) is 0 Å². The van der Waals surface area contributed by atoms with Gasteiger partial charge >= 0.3 is 0 Å². The number of hydrogen-bond donors (Lipinski definition) is 1. The molecule has 1 N–H and O–H groups in total. The van der Waals surface area contributed by atoms with E-state index in [-0.39, 0.29) is 11.8 Å². The molecule has 2 heterocycles. The molecule has 126 valence electrons. The minimum atomic E-state index is 0.0415. The highest BCUT2D eigenvalue weighted by Crippen LogP contribution is 2.16. The van der Waals surface area contributed by atoms with Crippen LogP contribution in [-0.4, -0.2) is 52.8 Å². The fourth-order valence-corrected chi connectivity index (χ4v) is 3.21. The molecule has 2 amide bonds. The van der Waals surface area contributed by atoms with E-state index in [4.69, 9.17) is 0 Å². The summed E-state index contributed by atoms with van der Waals surface area (Å²) in [5, 5.41) is 0. The minimum Gasteiger partial charge on any atom is -0.362 e. The molecule has 24 heavy (non-hydrogen) atoms. The Morgan fingerprint density at radius 1 is 0.875 bits per heavy atom. The third-order valence-electron chi connectivity index (χ3n) is 4.61. The predicted molar refractivity (Wildman–Crippen MR) is 93.3 cm³/mol. The van der Waals surface area contributed by atoms with Gasteiger partial charge in [0.25, 0.3) is 11.8 Å². The fraction of sp³-hybridized carbons (Fsp3) is 0.368. The number of H-pyrrole nitrogens is 1. The summed E-state index contributed by atoms with van der Waals surface area (Å²) in [6.07, 6.45) is 0. The number of aromatic amines is 1. The number of aryl methyl sites for hydroxylation is 3. The van der Waals surface area contributed by atoms with Gasteiger partial charge in [0.05, 0.1) is 5.56 Å². The van der Waals surface area contributed by atoms with E-state index in [1.807, 2.05) is 60.9 Å². The van der Waals surface area contributed by atoms with Gasteiger partial charge in [-0.3, -0.25) is 9.59 Å². The smallest absolute Gasteiger partial charge is 0.255 e. The van der Waals surface area contributed by atoms with Gasteiger partial charge in [0, 0.05) is 43.1 Å². The van der Waals surface area contributed by atoms with Crippen LogP contribution in [0.15, 0.2) is 30.3 Å². The zero-order valence-corrected chi connectivity index (χ0v) is 14.4. The quantitative estimate of drug-likeness (QED) is 0.922. The molecule has 0 atom stereocenters. The molecule has 2 aromatic rings. The molecule has 1 aromatic heterocycles. The third kappa shape index (κ3) is 3.07. The van der Waals surface area contributed by atoms with Crippen molar-refractivity contribution in [1.29, 1.82) is 0 Å². The maximum absolute atomic E-state index is 12.6. The van der Waals surface area contributed by atoms with Crippen LogP contribution in [-0.2, 0) is 0 Å². The Hall–Kier alpha value is -2.56. The normalized spacial score (nSPS) is 14.8. The Bertz CT molecular complexity index is 771. The van der Waals surface area contributed by atoms with Crippen LogP contribution < -0.4 is 0 Å². The summed E-state index contributed by atoms with van der Waals surface area (Å²) in [5.41, 5.74) is 4.35. The summed E-state index contributed by atoms with van der Waals surface area (Å²) in [6, 6.07) is 9.52. The lowest BCUT2D eigenvalue weighted by Crippen LogP contribution is -2.50. The molecule has 0 spiro atoms. The lowest BCUT2D eigenvalue weighted by molar-refractivity contribution is 0.0534. The molecular weight excluding hydrogens is 302 g/mol. The standard InChI is InChI=1S/C19H23N3O2/c1-13-6-4-5-7-16(13)18(23)21-8-10-22(11-9-21)19(24)17-12-14(2)20-15(17)3/h4-7,12,20H,8-11H2,1-3H3. The van der Waals surface area contributed by atoms with Gasteiger partial charge in [-0.1, -0.05) is 18.2 Å². The molecule has 5 heteroatoms. The SMILES string of the molecule is Cc1cc(C(=O)N2CCN(C(=O)c3ccccc3C)CC2)c(C)[nH]1. The molecule has 0 unspecified atom stereocenters. The molecule has 5 nitrogen and oxygen atoms in total. The lowest BCUT2D eigenvalue weighted by Gasteiger charge is -2.35. The van der Waals surface area contributed by atoms with Crippen molar-refractivity contribution in [3.63, 3.8) is 0 Å². The van der Waals surface area contributed by atoms with E-state index in [0.29, 0.717) is 26.2 Å². The van der Waals surface area contributed by atoms with E-state index in [1.165, 1.54) is 0 Å². The van der Waals surface area contributed by atoms with Crippen LogP contribution in [0.25, 0.3) is 0 Å². The molecule has 0 bridgehead atoms. The van der Waals surface area contributed by atoms with Gasteiger partial charge in [-0.2, -0.15) is 0 Å². The van der Waals surface area contributed by atoms with Crippen molar-refractivity contribution in [3.05, 3.63) is 58.4 Å². The van der Waals surface area contributed by atoms with Crippen molar-refractivity contribution in [1.82, 2.24) is 14.8 Å². The second kappa shape index (κ2) is 6.51. The van der Waals surface area contributed by atoms with Crippen LogP contribution in [0, 0.1) is 20.8 Å². The Morgan fingerprint density at radius 3 is 1.92 bits per heavy atom. The first-order valence-electron chi connectivity index (χ1n) is 8.28. The van der Waals surface area contributed by atoms with Crippen LogP contribution >= 0.6 is 0 Å². The van der Waals surface area contributed by atoms with Gasteiger partial charge in [0.15, 0.2) is 0 Å². The number of nitrogens with zero attached hydrogens (tertiary/aromatic N) is 2. The summed E-state index contributed by atoms with van der Waals surface area (Å²) < 4.78 is 0. The number of carbonyl (C=O) groups is 2. The first kappa shape index (κ1) is 16.3. The van der Waals surface area contributed by atoms with Crippen LogP contribution in [0.4, 0.5) is 0 Å². The average Bonchev–Trinajstić information content (AvgIpc) is 2.92. The summed E-state index contributed by atoms with van der Waals surface area (Å²) >= 11 is 0. The zero-order valence-electron chi connectivity index (χ0n) is 14.4. The average molecular weight is 325 g/mol. The number of nitrogens with one attached hydrogen (secondary N) is 1. The molecule has 0 aliphatic carbocycles. The van der Waals surface area contributed by atoms with E-state index < -0.39 is 0 Å². The number of carbonyl (C=O) groups excluding carboxylic acids is 2. The molecule has 0 radical (unpaired) electrons. The van der Waals surface area contributed by atoms with Gasteiger partial charge in [-0.15, -0.1) is 0 Å². The van der Waals surface area contributed by atoms with E-state index in [1.54, 1.807) is 0 Å². The van der Waals surface area contributed by atoms with Crippen molar-refractivity contribution >= 4 is 11.8 Å². The zero-order chi connectivity index (χ0) is 17.3. The van der Waals surface area contributed by atoms with E-state index in [2.05, 4.69) is 4.98 Å². The maximum Gasteiger partial charge on any atom is 0.255 e. The molecule has 1 fully saturated rings. The molecule has 1 saturated heterocycles. The van der Waals surface area contributed by atoms with E-state index >= 15 is 0 Å². The van der Waals surface area contributed by atoms with E-state index in [9.17, 15) is 9.59 Å². The van der Waals surface area contributed by atoms with Crippen molar-refractivity contribution in [2.75, 3.05) is 26.2 Å². The number of hydrogen-bond acceptors (Lipinski definition) is 2. The Morgan fingerprint density at radius 2 is 1.42 bits per heavy atom. The number of aromatic nitrogens is 1. The number of amides is 2. The van der Waals surface area contributed by atoms with Crippen LogP contribution in [0.1, 0.15) is 37.7 Å². The van der Waals surface area contributed by atoms with Gasteiger partial charge in [-0.25, -0.2) is 0 Å². The van der Waals surface area contributed by atoms with E-state index in [0.717, 1.165) is 28.1 Å². The largest absolute Gasteiger partial charge is 0.362 e. The van der Waals surface area contributed by atoms with Gasteiger partial charge in [-0.05, 0) is 38.5 Å². The third-order valence-corrected chi connectivity index (χ3v) is 4.61. The highest BCUT2D eigenvalue weighted by molar-refractivity contribution is 5.97. The lowest BCUT2D eigenvalue weighted by atomic mass is 10.1. The molecule has 0 saturated carbocycles. The maximum atomic E-state index is 12.6. The highest BCUT2D eigenvalue weighted by Gasteiger charge is 2.27. The summed E-state index contributed by atoms with van der Waals surface area (Å²) in [7, 11) is 0. The molecular formula is C19H23N3O2. The Balaban J connectivity index is 1.66. The topological polar surface area (TPSA) is 56.4 Å². The summed E-state index contributed by atoms with van der Waals surface area (Å²) in [5.74, 6) is 0.0914. The van der Waals surface area contributed by atoms with Crippen molar-refractivity contribution in [3.8, 4) is 0 Å². The summed E-state index contributed by atoms with van der Waals surface area (Å²) in [4.78, 5) is 32.1. The Labute approximate surface area is 142 Å². The predicted octanol–water partition coefficient (Wildman–Crippen LogP) is 2.54. The van der Waals surface area contributed by atoms with Crippen LogP contribution in [0.5, 0.6) is 0 Å². The number of rotatable bonds is 2. The molecule has 3 rings (SSSR count). The molecule has 1 aromatic carbocycles. The fourth-order valence-electron chi connectivity index (χ4n) is 3.21. The molecule has 1 aliphatic rings. The molecule has 1 aliphatic heterocycles. The number of benzene rings is 1. The minimum absolute atomic E-state index is 0.0415. The highest BCUT2D eigenvalue weighted by atomic mass is 16.2. The number of piperazine rings is 1. The van der Waals surface area contributed by atoms with Gasteiger partial charge < -0.3 is 14.8 Å². The van der Waals surface area contributed by atoms with Crippen LogP contribution in [0.3, 0.4) is 0 Å². The second-order valence-corrected chi connectivity index (χ2v) is 6.39. The van der Waals surface area contributed by atoms with Crippen LogP contribution in [0.2, 0.25) is 0 Å². The second-order valence-electron chi connectivity index (χ2n) is 6.39. The van der Waals surface area contributed by atoms with Crippen molar-refractivity contribution < 1.29 is 9.59 Å². The first-order chi connectivity index (χ1) is 11.5. The summed E-state index contributed by atoms with van der Waals surface area (Å²) in [6.45, 7) is 8.09. The van der Waals surface area contributed by atoms with Crippen molar-refractivity contribution in [2.45, 2.75) is 20.8 Å². The first-order valence-corrected chi connectivity index (χ1v) is 8.28. The van der Waals surface area contributed by atoms with Crippen molar-refractivity contribution in [2.24, 2.45) is 0 Å². The Kier molecular flexibility index (Phi) is 4.42. The van der Waals surface area contributed by atoms with Gasteiger partial charge in [0.1, 0.15) is 0 Å². The monoisotopic (exact) mass is 325 g/mol.